The van der Waals surface area contributed by atoms with Gasteiger partial charge in [0.25, 0.3) is 0 Å². The van der Waals surface area contributed by atoms with Crippen molar-refractivity contribution in [1.29, 1.82) is 0 Å². The Morgan fingerprint density at radius 3 is 2.67 bits per heavy atom. The predicted molar refractivity (Wildman–Crippen MR) is 79.0 cm³/mol. The Balaban J connectivity index is 2.29. The number of nitrogens with zero attached hydrogens (tertiary/aromatic N) is 1. The molecule has 0 spiro atoms. The molecule has 0 saturated heterocycles. The Bertz CT molecular complexity index is 571. The van der Waals surface area contributed by atoms with E-state index in [0.29, 0.717) is 12.8 Å². The van der Waals surface area contributed by atoms with Gasteiger partial charge in [-0.1, -0.05) is 36.0 Å². The van der Waals surface area contributed by atoms with Gasteiger partial charge in [0.05, 0.1) is 10.7 Å². The first-order valence-corrected chi connectivity index (χ1v) is 7.12. The average Bonchev–Trinajstić information content (AvgIpc) is 2.50. The number of hydrogen-bond donors (Lipinski definition) is 3. The summed E-state index contributed by atoms with van der Waals surface area (Å²) in [7, 11) is 0. The zero-order chi connectivity index (χ0) is 15.5. The van der Waals surface area contributed by atoms with Crippen LogP contribution in [-0.2, 0) is 4.79 Å². The highest BCUT2D eigenvalue weighted by molar-refractivity contribution is 6.34. The lowest BCUT2D eigenvalue weighted by molar-refractivity contribution is -0.123. The summed E-state index contributed by atoms with van der Waals surface area (Å²) in [5.74, 6) is -1.05. The molecule has 7 heteroatoms. The molecule has 1 aliphatic rings. The Kier molecular flexibility index (Phi) is 4.67. The Hall–Kier alpha value is -1.82. The molecule has 1 amide bonds. The van der Waals surface area contributed by atoms with Gasteiger partial charge in [0.1, 0.15) is 11.2 Å². The van der Waals surface area contributed by atoms with Crippen LogP contribution in [0.15, 0.2) is 23.4 Å². The van der Waals surface area contributed by atoms with E-state index >= 15 is 0 Å². The summed E-state index contributed by atoms with van der Waals surface area (Å²) < 4.78 is 13.3. The lowest BCUT2D eigenvalue weighted by atomic mass is 9.72. The second-order valence-corrected chi connectivity index (χ2v) is 5.61. The SMILES string of the molecule is N/C(=N/O)C1(C(=O)Nc2cc(F)ccc2Cl)CCCCC1. The zero-order valence-corrected chi connectivity index (χ0v) is 12.2. The minimum atomic E-state index is -1.07. The van der Waals surface area contributed by atoms with Crippen LogP contribution in [0.25, 0.3) is 0 Å². The Morgan fingerprint density at radius 2 is 2.05 bits per heavy atom. The number of amides is 1. The molecule has 1 fully saturated rings. The van der Waals surface area contributed by atoms with Crippen molar-refractivity contribution in [3.63, 3.8) is 0 Å². The molecule has 21 heavy (non-hydrogen) atoms. The second kappa shape index (κ2) is 6.30. The predicted octanol–water partition coefficient (Wildman–Crippen LogP) is 3.11. The van der Waals surface area contributed by atoms with Gasteiger partial charge in [0.15, 0.2) is 5.84 Å². The molecule has 114 valence electrons. The molecule has 1 aromatic rings. The van der Waals surface area contributed by atoms with Gasteiger partial charge in [-0.2, -0.15) is 0 Å². The fraction of sp³-hybridized carbons (Fsp3) is 0.429. The number of carbonyl (C=O) groups excluding carboxylic acids is 1. The smallest absolute Gasteiger partial charge is 0.238 e. The van der Waals surface area contributed by atoms with E-state index in [0.717, 1.165) is 25.3 Å². The fourth-order valence-corrected chi connectivity index (χ4v) is 2.85. The van der Waals surface area contributed by atoms with Gasteiger partial charge in [-0.25, -0.2) is 4.39 Å². The lowest BCUT2D eigenvalue weighted by Gasteiger charge is -2.34. The standard InChI is InChI=1S/C14H17ClFN3O2/c15-10-5-4-9(16)8-11(10)18-13(20)14(12(17)19-21)6-2-1-3-7-14/h4-5,8,21H,1-3,6-7H2,(H2,17,19)(H,18,20). The van der Waals surface area contributed by atoms with E-state index in [-0.39, 0.29) is 16.5 Å². The molecule has 2 rings (SSSR count). The first-order valence-electron chi connectivity index (χ1n) is 6.74. The molecule has 0 heterocycles. The van der Waals surface area contributed by atoms with Crippen LogP contribution >= 0.6 is 11.6 Å². The molecule has 0 aliphatic heterocycles. The number of benzene rings is 1. The van der Waals surface area contributed by atoms with Crippen LogP contribution in [0, 0.1) is 11.2 Å². The summed E-state index contributed by atoms with van der Waals surface area (Å²) in [6.07, 6.45) is 3.58. The maximum atomic E-state index is 13.3. The molecule has 0 aromatic heterocycles. The van der Waals surface area contributed by atoms with E-state index in [2.05, 4.69) is 10.5 Å². The molecule has 1 aromatic carbocycles. The Labute approximate surface area is 127 Å². The van der Waals surface area contributed by atoms with Crippen molar-refractivity contribution in [3.8, 4) is 0 Å². The molecule has 0 radical (unpaired) electrons. The molecule has 0 unspecified atom stereocenters. The van der Waals surface area contributed by atoms with Gasteiger partial charge in [0.2, 0.25) is 5.91 Å². The third kappa shape index (κ3) is 3.10. The topological polar surface area (TPSA) is 87.7 Å². The second-order valence-electron chi connectivity index (χ2n) is 5.21. The number of amidine groups is 1. The zero-order valence-electron chi connectivity index (χ0n) is 11.4. The number of hydrogen-bond acceptors (Lipinski definition) is 3. The van der Waals surface area contributed by atoms with Gasteiger partial charge in [-0.05, 0) is 31.0 Å². The Morgan fingerprint density at radius 1 is 1.38 bits per heavy atom. The summed E-state index contributed by atoms with van der Waals surface area (Å²) in [6.45, 7) is 0. The van der Waals surface area contributed by atoms with Crippen molar-refractivity contribution in [3.05, 3.63) is 29.0 Å². The molecule has 1 aliphatic carbocycles. The van der Waals surface area contributed by atoms with Crippen LogP contribution in [0.4, 0.5) is 10.1 Å². The minimum absolute atomic E-state index is 0.118. The first-order chi connectivity index (χ1) is 9.99. The normalized spacial score (nSPS) is 18.3. The van der Waals surface area contributed by atoms with Crippen LogP contribution in [0.5, 0.6) is 0 Å². The van der Waals surface area contributed by atoms with Gasteiger partial charge in [-0.3, -0.25) is 4.79 Å². The summed E-state index contributed by atoms with van der Waals surface area (Å²) in [6, 6.07) is 3.71. The maximum Gasteiger partial charge on any atom is 0.238 e. The van der Waals surface area contributed by atoms with E-state index in [1.807, 2.05) is 0 Å². The molecular formula is C14H17ClFN3O2. The highest BCUT2D eigenvalue weighted by atomic mass is 35.5. The van der Waals surface area contributed by atoms with Crippen LogP contribution in [0.3, 0.4) is 0 Å². The van der Waals surface area contributed by atoms with Crippen LogP contribution in [0.2, 0.25) is 5.02 Å². The average molecular weight is 314 g/mol. The highest BCUT2D eigenvalue weighted by Crippen LogP contribution is 2.38. The number of anilines is 1. The lowest BCUT2D eigenvalue weighted by Crippen LogP contribution is -2.48. The summed E-state index contributed by atoms with van der Waals surface area (Å²) >= 11 is 5.95. The molecule has 0 atom stereocenters. The number of nitrogens with two attached hydrogens (primary N) is 1. The number of oxime groups is 1. The van der Waals surface area contributed by atoms with Gasteiger partial charge in [-0.15, -0.1) is 0 Å². The molecule has 4 N–H and O–H groups in total. The third-order valence-electron chi connectivity index (χ3n) is 3.92. The quantitative estimate of drug-likeness (QED) is 0.347. The third-order valence-corrected chi connectivity index (χ3v) is 4.25. The van der Waals surface area contributed by atoms with Crippen LogP contribution in [-0.4, -0.2) is 17.0 Å². The van der Waals surface area contributed by atoms with Crippen LogP contribution in [0.1, 0.15) is 32.1 Å². The van der Waals surface area contributed by atoms with Crippen LogP contribution < -0.4 is 11.1 Å². The summed E-state index contributed by atoms with van der Waals surface area (Å²) in [4.78, 5) is 12.6. The number of rotatable bonds is 3. The molecular weight excluding hydrogens is 297 g/mol. The van der Waals surface area contributed by atoms with Crippen molar-refractivity contribution in [1.82, 2.24) is 0 Å². The summed E-state index contributed by atoms with van der Waals surface area (Å²) in [5.41, 5.74) is 4.85. The fourth-order valence-electron chi connectivity index (χ4n) is 2.69. The largest absolute Gasteiger partial charge is 0.409 e. The van der Waals surface area contributed by atoms with E-state index in [9.17, 15) is 9.18 Å². The van der Waals surface area contributed by atoms with E-state index in [4.69, 9.17) is 22.5 Å². The van der Waals surface area contributed by atoms with Crippen molar-refractivity contribution in [2.45, 2.75) is 32.1 Å². The van der Waals surface area contributed by atoms with Gasteiger partial charge >= 0.3 is 0 Å². The van der Waals surface area contributed by atoms with Crippen molar-refractivity contribution in [2.75, 3.05) is 5.32 Å². The number of halogens is 2. The number of nitrogens with one attached hydrogen (secondary N) is 1. The molecule has 1 saturated carbocycles. The molecule has 5 nitrogen and oxygen atoms in total. The monoisotopic (exact) mass is 313 g/mol. The molecule has 0 bridgehead atoms. The van der Waals surface area contributed by atoms with Crippen molar-refractivity contribution >= 4 is 29.0 Å². The first kappa shape index (κ1) is 15.6. The van der Waals surface area contributed by atoms with Crippen molar-refractivity contribution in [2.24, 2.45) is 16.3 Å². The highest BCUT2D eigenvalue weighted by Gasteiger charge is 2.44. The van der Waals surface area contributed by atoms with Crippen molar-refractivity contribution < 1.29 is 14.4 Å². The number of carbonyl (C=O) groups is 1. The minimum Gasteiger partial charge on any atom is -0.409 e. The van der Waals surface area contributed by atoms with E-state index in [1.165, 1.54) is 12.1 Å². The van der Waals surface area contributed by atoms with E-state index in [1.54, 1.807) is 0 Å². The van der Waals surface area contributed by atoms with Gasteiger partial charge < -0.3 is 16.3 Å². The summed E-state index contributed by atoms with van der Waals surface area (Å²) in [5, 5.41) is 14.8. The van der Waals surface area contributed by atoms with E-state index < -0.39 is 17.1 Å². The van der Waals surface area contributed by atoms with Gasteiger partial charge in [0, 0.05) is 0 Å². The maximum absolute atomic E-state index is 13.3.